The topological polar surface area (TPSA) is 113 Å². The van der Waals surface area contributed by atoms with Crippen LogP contribution in [0.4, 0.5) is 4.79 Å². The minimum atomic E-state index is -0.701. The van der Waals surface area contributed by atoms with Crippen molar-refractivity contribution >= 4 is 18.6 Å². The molecule has 11 nitrogen and oxygen atoms in total. The highest BCUT2D eigenvalue weighted by molar-refractivity contribution is 5.77. The van der Waals surface area contributed by atoms with Gasteiger partial charge in [0.25, 0.3) is 0 Å². The Morgan fingerprint density at radius 2 is 0.907 bits per heavy atom. The number of nitrogens with zero attached hydrogens (tertiary/aromatic N) is 2. The number of hydrogen-bond donors (Lipinski definition) is 0. The first-order valence-electron chi connectivity index (χ1n) is 18.1. The third-order valence-electron chi connectivity index (χ3n) is 9.44. The van der Waals surface area contributed by atoms with Gasteiger partial charge in [0.2, 0.25) is 0 Å². The smallest absolute Gasteiger partial charge is 0.321 e. The Morgan fingerprint density at radius 1 is 0.519 bits per heavy atom. The maximum atomic E-state index is 15.5. The number of hydrogen-bond acceptors (Lipinski definition) is 9. The van der Waals surface area contributed by atoms with E-state index in [1.807, 2.05) is 94.7 Å². The second kappa shape index (κ2) is 21.8. The fraction of sp³-hybridized carbons (Fsp3) is 0.372. The molecule has 0 N–H and O–H groups in total. The third kappa shape index (κ3) is 11.6. The van der Waals surface area contributed by atoms with Crippen molar-refractivity contribution in [2.75, 3.05) is 54.2 Å². The molecule has 1 aliphatic rings. The lowest BCUT2D eigenvalue weighted by atomic mass is 9.90. The van der Waals surface area contributed by atoms with Gasteiger partial charge in [-0.15, -0.1) is 0 Å². The SMILES string of the molecule is COCCOCO[C@H]1[C@H](OCOCCOC)[C@H](Cc2ccccc2)N(Cc2ccc(C=O)cc2)C(=O)N(Cc2ccc(C=O)cc2)[C@H]1Cc1ccccc1. The number of carbonyl (C=O) groups is 3. The normalized spacial score (nSPS) is 18.7. The first kappa shape index (κ1) is 40.4. The third-order valence-corrected chi connectivity index (χ3v) is 9.44. The van der Waals surface area contributed by atoms with Crippen molar-refractivity contribution in [3.63, 3.8) is 0 Å². The Kier molecular flexibility index (Phi) is 16.3. The first-order valence-corrected chi connectivity index (χ1v) is 18.1. The molecule has 54 heavy (non-hydrogen) atoms. The van der Waals surface area contributed by atoms with E-state index in [-0.39, 0.29) is 32.7 Å². The van der Waals surface area contributed by atoms with Gasteiger partial charge in [0.05, 0.1) is 38.5 Å². The molecule has 4 aromatic carbocycles. The van der Waals surface area contributed by atoms with Gasteiger partial charge in [-0.1, -0.05) is 109 Å². The van der Waals surface area contributed by atoms with Crippen LogP contribution in [0.15, 0.2) is 109 Å². The lowest BCUT2D eigenvalue weighted by molar-refractivity contribution is -0.192. The highest BCUT2D eigenvalue weighted by Crippen LogP contribution is 2.33. The van der Waals surface area contributed by atoms with Crippen LogP contribution in [-0.4, -0.2) is 107 Å². The Morgan fingerprint density at radius 3 is 1.26 bits per heavy atom. The van der Waals surface area contributed by atoms with Gasteiger partial charge in [0.1, 0.15) is 38.4 Å². The standard InChI is InChI=1S/C43H50N2O9/c1-49-21-23-51-31-53-41-39(25-33-9-5-3-6-10-33)44(27-35-13-17-37(29-46)18-14-35)43(48)45(28-36-15-19-38(30-47)20-16-36)40(26-34-11-7-4-8-12-34)42(41)54-32-52-24-22-50-2/h3-20,29-30,39-42H,21-28,31-32H2,1-2H3/t39-,40-,41+,42+/m0/s1. The fourth-order valence-electron chi connectivity index (χ4n) is 6.64. The van der Waals surface area contributed by atoms with Crippen molar-refractivity contribution in [1.82, 2.24) is 9.80 Å². The van der Waals surface area contributed by atoms with Crippen molar-refractivity contribution in [3.8, 4) is 0 Å². The van der Waals surface area contributed by atoms with Gasteiger partial charge in [-0.2, -0.15) is 0 Å². The summed E-state index contributed by atoms with van der Waals surface area (Å²) in [6, 6.07) is 33.2. The quantitative estimate of drug-likeness (QED) is 0.0546. The molecular weight excluding hydrogens is 688 g/mol. The van der Waals surface area contributed by atoms with Gasteiger partial charge in [-0.05, 0) is 35.1 Å². The molecule has 0 saturated carbocycles. The first-order chi connectivity index (χ1) is 26.5. The van der Waals surface area contributed by atoms with Crippen LogP contribution >= 0.6 is 0 Å². The Hall–Kier alpha value is -4.75. The largest absolute Gasteiger partial charge is 0.382 e. The van der Waals surface area contributed by atoms with Crippen molar-refractivity contribution in [2.45, 2.75) is 50.2 Å². The minimum Gasteiger partial charge on any atom is -0.382 e. The van der Waals surface area contributed by atoms with Gasteiger partial charge < -0.3 is 38.2 Å². The van der Waals surface area contributed by atoms with Gasteiger partial charge in [0.15, 0.2) is 0 Å². The summed E-state index contributed by atoms with van der Waals surface area (Å²) in [6.45, 7) is 1.76. The maximum absolute atomic E-state index is 15.5. The van der Waals surface area contributed by atoms with Crippen LogP contribution in [0, 0.1) is 0 Å². The van der Waals surface area contributed by atoms with Crippen LogP contribution in [0.5, 0.6) is 0 Å². The monoisotopic (exact) mass is 738 g/mol. The summed E-state index contributed by atoms with van der Waals surface area (Å²) < 4.78 is 35.7. The molecule has 1 saturated heterocycles. The van der Waals surface area contributed by atoms with E-state index >= 15 is 4.79 Å². The molecule has 1 aliphatic heterocycles. The van der Waals surface area contributed by atoms with E-state index in [1.54, 1.807) is 38.5 Å². The van der Waals surface area contributed by atoms with E-state index in [4.69, 9.17) is 28.4 Å². The summed E-state index contributed by atoms with van der Waals surface area (Å²) in [7, 11) is 3.22. The van der Waals surface area contributed by atoms with Crippen molar-refractivity contribution < 1.29 is 42.8 Å². The number of ether oxygens (including phenoxy) is 6. The van der Waals surface area contributed by atoms with Crippen LogP contribution in [0.1, 0.15) is 43.0 Å². The average Bonchev–Trinajstić information content (AvgIpc) is 3.28. The summed E-state index contributed by atoms with van der Waals surface area (Å²) in [6.07, 6.45) is 1.10. The lowest BCUT2D eigenvalue weighted by Crippen LogP contribution is -2.53. The summed E-state index contributed by atoms with van der Waals surface area (Å²) >= 11 is 0. The molecule has 0 aliphatic carbocycles. The number of benzene rings is 4. The van der Waals surface area contributed by atoms with Gasteiger partial charge in [-0.3, -0.25) is 9.59 Å². The van der Waals surface area contributed by atoms with E-state index in [9.17, 15) is 9.59 Å². The van der Waals surface area contributed by atoms with Crippen molar-refractivity contribution in [2.24, 2.45) is 0 Å². The van der Waals surface area contributed by atoms with Crippen molar-refractivity contribution in [3.05, 3.63) is 143 Å². The molecule has 0 radical (unpaired) electrons. The number of methoxy groups -OCH3 is 2. The molecule has 0 unspecified atom stereocenters. The zero-order valence-electron chi connectivity index (χ0n) is 31.0. The van der Waals surface area contributed by atoms with Gasteiger partial charge >= 0.3 is 6.03 Å². The number of urea groups is 1. The number of rotatable bonds is 22. The lowest BCUT2D eigenvalue weighted by Gasteiger charge is -2.38. The van der Waals surface area contributed by atoms with E-state index in [1.165, 1.54) is 0 Å². The number of aldehydes is 2. The molecule has 2 amide bonds. The second-order valence-electron chi connectivity index (χ2n) is 13.1. The molecule has 0 aromatic heterocycles. The predicted molar refractivity (Wildman–Crippen MR) is 203 cm³/mol. The van der Waals surface area contributed by atoms with Crippen LogP contribution in [0.25, 0.3) is 0 Å². The molecule has 4 aromatic rings. The molecule has 0 spiro atoms. The van der Waals surface area contributed by atoms with Crippen LogP contribution in [0.3, 0.4) is 0 Å². The minimum absolute atomic E-state index is 0.0645. The Labute approximate surface area is 317 Å². The molecule has 1 heterocycles. The van der Waals surface area contributed by atoms with Crippen LogP contribution in [-0.2, 0) is 54.4 Å². The molecule has 1 fully saturated rings. The molecule has 11 heteroatoms. The van der Waals surface area contributed by atoms with Crippen LogP contribution < -0.4 is 0 Å². The van der Waals surface area contributed by atoms with Crippen molar-refractivity contribution in [1.29, 1.82) is 0 Å². The number of carbonyl (C=O) groups excluding carboxylic acids is 3. The Bertz CT molecular complexity index is 1570. The zero-order valence-corrected chi connectivity index (χ0v) is 31.0. The molecule has 286 valence electrons. The number of amides is 2. The second-order valence-corrected chi connectivity index (χ2v) is 13.1. The summed E-state index contributed by atoms with van der Waals surface area (Å²) in [5.74, 6) is 0. The van der Waals surface area contributed by atoms with E-state index in [2.05, 4.69) is 0 Å². The molecular formula is C43H50N2O9. The molecule has 0 bridgehead atoms. The predicted octanol–water partition coefficient (Wildman–Crippen LogP) is 5.98. The highest BCUT2D eigenvalue weighted by Gasteiger charge is 2.49. The van der Waals surface area contributed by atoms with Gasteiger partial charge in [-0.25, -0.2) is 4.79 Å². The van der Waals surface area contributed by atoms with E-state index in [0.717, 1.165) is 34.8 Å². The molecule has 5 rings (SSSR count). The summed E-state index contributed by atoms with van der Waals surface area (Å²) in [4.78, 5) is 42.2. The van der Waals surface area contributed by atoms with E-state index in [0.29, 0.717) is 50.4 Å². The highest BCUT2D eigenvalue weighted by atomic mass is 16.7. The zero-order chi connectivity index (χ0) is 38.0. The van der Waals surface area contributed by atoms with Crippen LogP contribution in [0.2, 0.25) is 0 Å². The van der Waals surface area contributed by atoms with Gasteiger partial charge in [0, 0.05) is 38.4 Å². The fourth-order valence-corrected chi connectivity index (χ4v) is 6.64. The molecule has 4 atom stereocenters. The summed E-state index contributed by atoms with van der Waals surface area (Å²) in [5.41, 5.74) is 4.80. The Balaban J connectivity index is 1.66. The maximum Gasteiger partial charge on any atom is 0.321 e. The van der Waals surface area contributed by atoms with E-state index < -0.39 is 24.3 Å². The average molecular weight is 739 g/mol. The summed E-state index contributed by atoms with van der Waals surface area (Å²) in [5, 5.41) is 0.